The first kappa shape index (κ1) is 19.9. The van der Waals surface area contributed by atoms with Crippen molar-refractivity contribution in [2.75, 3.05) is 26.7 Å². The molecule has 0 unspecified atom stereocenters. The lowest BCUT2D eigenvalue weighted by molar-refractivity contribution is 0.270. The van der Waals surface area contributed by atoms with E-state index in [4.69, 9.17) is 0 Å². The minimum Gasteiger partial charge on any atom is -0.319 e. The molecule has 2 aromatic carbocycles. The lowest BCUT2D eigenvalue weighted by atomic mass is 9.98. The quantitative estimate of drug-likeness (QED) is 0.864. The highest BCUT2D eigenvalue weighted by Gasteiger charge is 2.29. The van der Waals surface area contributed by atoms with Crippen LogP contribution in [0.25, 0.3) is 11.1 Å². The van der Waals surface area contributed by atoms with Gasteiger partial charge in [-0.1, -0.05) is 42.5 Å². The van der Waals surface area contributed by atoms with Crippen LogP contribution in [0.3, 0.4) is 0 Å². The van der Waals surface area contributed by atoms with E-state index in [1.54, 1.807) is 16.4 Å². The molecule has 0 bridgehead atoms. The van der Waals surface area contributed by atoms with Crippen molar-refractivity contribution in [2.24, 2.45) is 5.92 Å². The second-order valence-corrected chi connectivity index (χ2v) is 8.24. The third-order valence-electron chi connectivity index (χ3n) is 4.65. The highest BCUT2D eigenvalue weighted by atomic mass is 35.5. The van der Waals surface area contributed by atoms with Gasteiger partial charge in [0.15, 0.2) is 0 Å². The summed E-state index contributed by atoms with van der Waals surface area (Å²) in [5.74, 6) is 0.567. The molecule has 1 heterocycles. The number of nitrogens with one attached hydrogen (secondary N) is 1. The number of hydrogen-bond acceptors (Lipinski definition) is 3. The molecule has 1 aliphatic rings. The molecule has 0 aliphatic carbocycles. The van der Waals surface area contributed by atoms with Crippen molar-refractivity contribution >= 4 is 22.4 Å². The topological polar surface area (TPSA) is 49.4 Å². The molecule has 3 rings (SSSR count). The Morgan fingerprint density at radius 3 is 2.28 bits per heavy atom. The molecular weight excluding hydrogens is 356 g/mol. The fourth-order valence-electron chi connectivity index (χ4n) is 3.26. The molecule has 0 aromatic heterocycles. The first-order chi connectivity index (χ1) is 11.6. The molecule has 0 saturated carbocycles. The Balaban J connectivity index is 0.00000225. The van der Waals surface area contributed by atoms with E-state index in [1.165, 1.54) is 0 Å². The zero-order valence-electron chi connectivity index (χ0n) is 14.4. The van der Waals surface area contributed by atoms with Gasteiger partial charge in [-0.05, 0) is 55.6 Å². The van der Waals surface area contributed by atoms with Crippen molar-refractivity contribution in [2.45, 2.75) is 17.7 Å². The summed E-state index contributed by atoms with van der Waals surface area (Å²) in [5.41, 5.74) is 1.96. The summed E-state index contributed by atoms with van der Waals surface area (Å²) in [7, 11) is -1.48. The van der Waals surface area contributed by atoms with Gasteiger partial charge in [0.2, 0.25) is 10.0 Å². The van der Waals surface area contributed by atoms with Crippen LogP contribution in [0, 0.1) is 5.92 Å². The lowest BCUT2D eigenvalue weighted by Crippen LogP contribution is -2.40. The first-order valence-corrected chi connectivity index (χ1v) is 9.85. The molecule has 25 heavy (non-hydrogen) atoms. The monoisotopic (exact) mass is 380 g/mol. The highest BCUT2D eigenvalue weighted by Crippen LogP contribution is 2.27. The van der Waals surface area contributed by atoms with Crippen LogP contribution < -0.4 is 5.32 Å². The molecule has 1 aliphatic heterocycles. The maximum Gasteiger partial charge on any atom is 0.243 e. The average Bonchev–Trinajstić information content (AvgIpc) is 2.63. The third kappa shape index (κ3) is 4.61. The van der Waals surface area contributed by atoms with Gasteiger partial charge in [0.25, 0.3) is 0 Å². The van der Waals surface area contributed by atoms with Crippen molar-refractivity contribution in [3.05, 3.63) is 54.6 Å². The summed E-state index contributed by atoms with van der Waals surface area (Å²) < 4.78 is 27.5. The SMILES string of the molecule is CNCC1CCN(S(=O)(=O)c2cccc(-c3ccccc3)c2)CC1.Cl. The van der Waals surface area contributed by atoms with Crippen molar-refractivity contribution in [1.29, 1.82) is 0 Å². The summed E-state index contributed by atoms with van der Waals surface area (Å²) in [4.78, 5) is 0.385. The highest BCUT2D eigenvalue weighted by molar-refractivity contribution is 7.89. The van der Waals surface area contributed by atoms with E-state index in [0.29, 0.717) is 23.9 Å². The van der Waals surface area contributed by atoms with Crippen LogP contribution in [-0.2, 0) is 10.0 Å². The first-order valence-electron chi connectivity index (χ1n) is 8.41. The van der Waals surface area contributed by atoms with E-state index in [9.17, 15) is 8.42 Å². The molecule has 136 valence electrons. The molecule has 0 spiro atoms. The number of nitrogens with zero attached hydrogens (tertiary/aromatic N) is 1. The predicted molar refractivity (Wildman–Crippen MR) is 105 cm³/mol. The standard InChI is InChI=1S/C19H24N2O2S.ClH/c1-20-15-16-10-12-21(13-11-16)24(22,23)19-9-5-8-18(14-19)17-6-3-2-4-7-17;/h2-9,14,16,20H,10-13,15H2,1H3;1H. The minimum absolute atomic E-state index is 0. The third-order valence-corrected chi connectivity index (χ3v) is 6.54. The predicted octanol–water partition coefficient (Wildman–Crippen LogP) is 3.40. The second-order valence-electron chi connectivity index (χ2n) is 6.30. The van der Waals surface area contributed by atoms with Crippen LogP contribution in [-0.4, -0.2) is 39.4 Å². The summed E-state index contributed by atoms with van der Waals surface area (Å²) in [6.45, 7) is 2.16. The Bertz CT molecular complexity index is 773. The zero-order valence-corrected chi connectivity index (χ0v) is 16.0. The Kier molecular flexibility index (Phi) is 7.02. The Labute approximate surface area is 156 Å². The van der Waals surface area contributed by atoms with E-state index in [2.05, 4.69) is 5.32 Å². The van der Waals surface area contributed by atoms with Crippen molar-refractivity contribution < 1.29 is 8.42 Å². The van der Waals surface area contributed by atoms with E-state index in [-0.39, 0.29) is 12.4 Å². The van der Waals surface area contributed by atoms with Gasteiger partial charge in [-0.3, -0.25) is 0 Å². The number of piperidine rings is 1. The smallest absolute Gasteiger partial charge is 0.243 e. The molecule has 1 N–H and O–H groups in total. The summed E-state index contributed by atoms with van der Waals surface area (Å²) >= 11 is 0. The van der Waals surface area contributed by atoms with Gasteiger partial charge in [-0.2, -0.15) is 4.31 Å². The van der Waals surface area contributed by atoms with Crippen molar-refractivity contribution in [1.82, 2.24) is 9.62 Å². The summed E-state index contributed by atoms with van der Waals surface area (Å²) in [5, 5.41) is 3.18. The normalized spacial score (nSPS) is 16.4. The second kappa shape index (κ2) is 8.81. The van der Waals surface area contributed by atoms with Gasteiger partial charge in [0.1, 0.15) is 0 Å². The molecule has 0 amide bonds. The molecule has 2 aromatic rings. The van der Waals surface area contributed by atoms with Gasteiger partial charge in [-0.25, -0.2) is 8.42 Å². The average molecular weight is 381 g/mol. The largest absolute Gasteiger partial charge is 0.319 e. The molecule has 0 atom stereocenters. The number of halogens is 1. The number of rotatable bonds is 5. The Morgan fingerprint density at radius 1 is 1.00 bits per heavy atom. The van der Waals surface area contributed by atoms with Crippen molar-refractivity contribution in [3.63, 3.8) is 0 Å². The van der Waals surface area contributed by atoms with Crippen LogP contribution in [0.2, 0.25) is 0 Å². The van der Waals surface area contributed by atoms with E-state index in [1.807, 2.05) is 49.5 Å². The van der Waals surface area contributed by atoms with Gasteiger partial charge in [0, 0.05) is 13.1 Å². The summed E-state index contributed by atoms with van der Waals surface area (Å²) in [6, 6.07) is 17.1. The molecule has 1 saturated heterocycles. The van der Waals surface area contributed by atoms with Crippen LogP contribution in [0.15, 0.2) is 59.5 Å². The van der Waals surface area contributed by atoms with Gasteiger partial charge in [0.05, 0.1) is 4.90 Å². The van der Waals surface area contributed by atoms with Crippen LogP contribution in [0.4, 0.5) is 0 Å². The van der Waals surface area contributed by atoms with Crippen molar-refractivity contribution in [3.8, 4) is 11.1 Å². The Morgan fingerprint density at radius 2 is 1.64 bits per heavy atom. The van der Waals surface area contributed by atoms with Crippen LogP contribution >= 0.6 is 12.4 Å². The minimum atomic E-state index is -3.42. The number of sulfonamides is 1. The fraction of sp³-hybridized carbons (Fsp3) is 0.368. The van der Waals surface area contributed by atoms with Crippen LogP contribution in [0.5, 0.6) is 0 Å². The number of hydrogen-bond donors (Lipinski definition) is 1. The molecule has 0 radical (unpaired) electrons. The maximum atomic E-state index is 12.9. The van der Waals surface area contributed by atoms with E-state index in [0.717, 1.165) is 30.5 Å². The lowest BCUT2D eigenvalue weighted by Gasteiger charge is -2.31. The van der Waals surface area contributed by atoms with Gasteiger partial charge in [-0.15, -0.1) is 12.4 Å². The van der Waals surface area contributed by atoms with E-state index >= 15 is 0 Å². The zero-order chi connectivity index (χ0) is 17.0. The van der Waals surface area contributed by atoms with E-state index < -0.39 is 10.0 Å². The molecular formula is C19H25ClN2O2S. The van der Waals surface area contributed by atoms with Crippen LogP contribution in [0.1, 0.15) is 12.8 Å². The molecule has 1 fully saturated rings. The fourth-order valence-corrected chi connectivity index (χ4v) is 4.77. The molecule has 6 heteroatoms. The summed E-state index contributed by atoms with van der Waals surface area (Å²) in [6.07, 6.45) is 1.83. The maximum absolute atomic E-state index is 12.9. The molecule has 4 nitrogen and oxygen atoms in total. The van der Waals surface area contributed by atoms with Gasteiger partial charge >= 0.3 is 0 Å². The Hall–Kier alpha value is -1.40. The number of benzene rings is 2. The van der Waals surface area contributed by atoms with Gasteiger partial charge < -0.3 is 5.32 Å².